The van der Waals surface area contributed by atoms with Crippen molar-refractivity contribution in [3.63, 3.8) is 0 Å². The van der Waals surface area contributed by atoms with Crippen molar-refractivity contribution in [2.75, 3.05) is 6.61 Å². The maximum Gasteiger partial charge on any atom is 0.340 e. The predicted molar refractivity (Wildman–Crippen MR) is 146 cm³/mol. The minimum atomic E-state index is -0.393. The number of fused-ring (bicyclic) bond motifs is 1. The molecule has 5 rings (SSSR count). The highest BCUT2D eigenvalue weighted by Gasteiger charge is 2.79. The Balaban J connectivity index is 1.31. The van der Waals surface area contributed by atoms with Crippen LogP contribution in [-0.4, -0.2) is 35.1 Å². The SMILES string of the molecule is CC1CC[C@@H](C)C2(C)C3C(COC(=O)c4ccccc4/N=C/c4cccc(C(C)(C)C)c4O)C(C1O)C32. The van der Waals surface area contributed by atoms with E-state index < -0.39 is 5.97 Å². The van der Waals surface area contributed by atoms with Crippen LogP contribution in [0.2, 0.25) is 0 Å². The van der Waals surface area contributed by atoms with Gasteiger partial charge in [-0.3, -0.25) is 4.99 Å². The van der Waals surface area contributed by atoms with Crippen molar-refractivity contribution in [3.05, 3.63) is 59.2 Å². The molecule has 8 atom stereocenters. The number of aromatic hydroxyl groups is 1. The number of rotatable bonds is 5. The van der Waals surface area contributed by atoms with Crippen LogP contribution in [-0.2, 0) is 10.2 Å². The Morgan fingerprint density at radius 1 is 1.11 bits per heavy atom. The molecule has 0 spiro atoms. The number of benzene rings is 2. The van der Waals surface area contributed by atoms with Gasteiger partial charge in [0.05, 0.1) is 24.0 Å². The largest absolute Gasteiger partial charge is 0.507 e. The number of carbonyl (C=O) groups excluding carboxylic acids is 1. The topological polar surface area (TPSA) is 79.1 Å². The first-order chi connectivity index (χ1) is 17.5. The minimum Gasteiger partial charge on any atom is -0.507 e. The zero-order chi connectivity index (χ0) is 26.7. The Morgan fingerprint density at radius 2 is 1.84 bits per heavy atom. The van der Waals surface area contributed by atoms with Gasteiger partial charge < -0.3 is 14.9 Å². The van der Waals surface area contributed by atoms with Crippen LogP contribution >= 0.6 is 0 Å². The average molecular weight is 504 g/mol. The third-order valence-corrected chi connectivity index (χ3v) is 9.93. The van der Waals surface area contributed by atoms with E-state index in [4.69, 9.17) is 4.74 Å². The number of nitrogens with zero attached hydrogens (tertiary/aromatic N) is 1. The Hall–Kier alpha value is -2.66. The summed E-state index contributed by atoms with van der Waals surface area (Å²) in [4.78, 5) is 17.8. The fourth-order valence-corrected chi connectivity index (χ4v) is 7.47. The highest BCUT2D eigenvalue weighted by molar-refractivity contribution is 5.96. The summed E-state index contributed by atoms with van der Waals surface area (Å²) in [5.41, 5.74) is 2.42. The van der Waals surface area contributed by atoms with Crippen molar-refractivity contribution in [2.45, 2.75) is 65.9 Å². The summed E-state index contributed by atoms with van der Waals surface area (Å²) in [6, 6.07) is 12.8. The number of esters is 1. The van der Waals surface area contributed by atoms with E-state index in [0.717, 1.165) is 18.4 Å². The van der Waals surface area contributed by atoms with Crippen LogP contribution in [0.5, 0.6) is 5.75 Å². The molecule has 3 aliphatic carbocycles. The van der Waals surface area contributed by atoms with Gasteiger partial charge in [0.2, 0.25) is 0 Å². The molecule has 0 aliphatic heterocycles. The van der Waals surface area contributed by atoms with Gasteiger partial charge in [-0.25, -0.2) is 4.79 Å². The van der Waals surface area contributed by atoms with E-state index in [1.165, 1.54) is 0 Å². The summed E-state index contributed by atoms with van der Waals surface area (Å²) in [5, 5.41) is 21.9. The number of para-hydroxylation sites is 2. The highest BCUT2D eigenvalue weighted by atomic mass is 16.5. The van der Waals surface area contributed by atoms with Crippen LogP contribution in [0.15, 0.2) is 47.5 Å². The number of hydrogen-bond donors (Lipinski definition) is 2. The molecule has 3 saturated carbocycles. The van der Waals surface area contributed by atoms with Crippen molar-refractivity contribution >= 4 is 17.9 Å². The van der Waals surface area contributed by atoms with E-state index in [0.29, 0.717) is 41.2 Å². The fraction of sp³-hybridized carbons (Fsp3) is 0.562. The van der Waals surface area contributed by atoms with Gasteiger partial charge in [0.25, 0.3) is 0 Å². The van der Waals surface area contributed by atoms with Crippen LogP contribution in [0.4, 0.5) is 5.69 Å². The normalized spacial score (nSPS) is 34.7. The van der Waals surface area contributed by atoms with E-state index in [1.54, 1.807) is 18.3 Å². The van der Waals surface area contributed by atoms with Crippen molar-refractivity contribution < 1.29 is 19.7 Å². The number of ether oxygens (including phenoxy) is 1. The lowest BCUT2D eigenvalue weighted by Gasteiger charge is -2.41. The zero-order valence-electron chi connectivity index (χ0n) is 22.9. The van der Waals surface area contributed by atoms with Crippen LogP contribution in [0.25, 0.3) is 0 Å². The molecular weight excluding hydrogens is 462 g/mol. The maximum absolute atomic E-state index is 13.2. The van der Waals surface area contributed by atoms with Crippen LogP contribution in [0.3, 0.4) is 0 Å². The number of aliphatic hydroxyl groups excluding tert-OH is 1. The molecule has 5 nitrogen and oxygen atoms in total. The second-order valence-electron chi connectivity index (χ2n) is 13.0. The van der Waals surface area contributed by atoms with Gasteiger partial charge in [0.1, 0.15) is 5.75 Å². The standard InChI is InChI=1S/C32H41NO4/c1-18-14-15-19(2)32(6)26-22(25(27(26)32)28(18)34)17-37-30(36)21-11-7-8-13-24(21)33-16-20-10-9-12-23(29(20)35)31(3,4)5/h7-13,16,18-19,22,25-28,34-35H,14-15,17H2,1-6H3/b33-16+/t18?,19-,22?,25?,26?,27?,28?,32?/m1/s1. The second-order valence-corrected chi connectivity index (χ2v) is 13.0. The predicted octanol–water partition coefficient (Wildman–Crippen LogP) is 6.52. The molecule has 7 unspecified atom stereocenters. The molecule has 3 aliphatic rings. The van der Waals surface area contributed by atoms with Crippen molar-refractivity contribution in [1.82, 2.24) is 0 Å². The first kappa shape index (κ1) is 26.0. The summed E-state index contributed by atoms with van der Waals surface area (Å²) in [7, 11) is 0. The van der Waals surface area contributed by atoms with Crippen LogP contribution in [0.1, 0.15) is 75.9 Å². The first-order valence-corrected chi connectivity index (χ1v) is 13.8. The van der Waals surface area contributed by atoms with Gasteiger partial charge in [-0.2, -0.15) is 0 Å². The molecule has 198 valence electrons. The molecule has 0 saturated heterocycles. The number of phenolic OH excluding ortho intramolecular Hbond substituents is 1. The van der Waals surface area contributed by atoms with Gasteiger partial charge in [0.15, 0.2) is 0 Å². The van der Waals surface area contributed by atoms with E-state index in [2.05, 4.69) is 46.5 Å². The van der Waals surface area contributed by atoms with E-state index in [-0.39, 0.29) is 40.4 Å². The smallest absolute Gasteiger partial charge is 0.340 e. The number of aliphatic imine (C=N–C) groups is 1. The summed E-state index contributed by atoms with van der Waals surface area (Å²) in [5.74, 6) is 2.23. The second kappa shape index (κ2) is 9.27. The Kier molecular flexibility index (Phi) is 6.50. The summed E-state index contributed by atoms with van der Waals surface area (Å²) in [6.45, 7) is 13.4. The van der Waals surface area contributed by atoms with Crippen molar-refractivity contribution in [2.24, 2.45) is 45.9 Å². The number of aliphatic hydroxyl groups is 1. The van der Waals surface area contributed by atoms with Crippen LogP contribution < -0.4 is 0 Å². The fourth-order valence-electron chi connectivity index (χ4n) is 7.47. The molecule has 2 aromatic carbocycles. The maximum atomic E-state index is 13.2. The third-order valence-electron chi connectivity index (χ3n) is 9.93. The molecular formula is C32H41NO4. The van der Waals surface area contributed by atoms with Gasteiger partial charge in [0, 0.05) is 17.7 Å². The first-order valence-electron chi connectivity index (χ1n) is 13.8. The molecule has 2 N–H and O–H groups in total. The quantitative estimate of drug-likeness (QED) is 0.359. The number of hydrogen-bond acceptors (Lipinski definition) is 5. The molecule has 2 aromatic rings. The number of phenols is 1. The Bertz CT molecular complexity index is 1210. The van der Waals surface area contributed by atoms with E-state index >= 15 is 0 Å². The molecule has 37 heavy (non-hydrogen) atoms. The third kappa shape index (κ3) is 4.29. The minimum absolute atomic E-state index is 0.200. The highest BCUT2D eigenvalue weighted by Crippen LogP contribution is 2.80. The molecule has 0 amide bonds. The molecule has 0 aromatic heterocycles. The molecule has 0 bridgehead atoms. The Labute approximate surface area is 221 Å². The molecule has 0 heterocycles. The summed E-state index contributed by atoms with van der Waals surface area (Å²) < 4.78 is 5.89. The molecule has 5 heteroatoms. The van der Waals surface area contributed by atoms with Gasteiger partial charge >= 0.3 is 5.97 Å². The molecule has 0 radical (unpaired) electrons. The summed E-state index contributed by atoms with van der Waals surface area (Å²) in [6.07, 6.45) is 3.49. The van der Waals surface area contributed by atoms with E-state index in [9.17, 15) is 15.0 Å². The van der Waals surface area contributed by atoms with Gasteiger partial charge in [-0.1, -0.05) is 65.8 Å². The molecule has 3 fully saturated rings. The average Bonchev–Trinajstić information content (AvgIpc) is 3.38. The van der Waals surface area contributed by atoms with Crippen molar-refractivity contribution in [3.8, 4) is 5.75 Å². The zero-order valence-corrected chi connectivity index (χ0v) is 22.9. The van der Waals surface area contributed by atoms with Crippen LogP contribution in [0, 0.1) is 40.9 Å². The monoisotopic (exact) mass is 503 g/mol. The lowest BCUT2D eigenvalue weighted by molar-refractivity contribution is -0.0565. The van der Waals surface area contributed by atoms with E-state index in [1.807, 2.05) is 30.3 Å². The van der Waals surface area contributed by atoms with Gasteiger partial charge in [-0.05, 0) is 77.0 Å². The number of carbonyl (C=O) groups is 1. The van der Waals surface area contributed by atoms with Gasteiger partial charge in [-0.15, -0.1) is 0 Å². The summed E-state index contributed by atoms with van der Waals surface area (Å²) >= 11 is 0. The van der Waals surface area contributed by atoms with Crippen molar-refractivity contribution in [1.29, 1.82) is 0 Å². The lowest BCUT2D eigenvalue weighted by atomic mass is 9.67. The lowest BCUT2D eigenvalue weighted by Crippen LogP contribution is -2.44. The Morgan fingerprint density at radius 3 is 2.57 bits per heavy atom.